The van der Waals surface area contributed by atoms with Crippen LogP contribution in [0.4, 0.5) is 5.69 Å². The maximum Gasteiger partial charge on any atom is 0.238 e. The van der Waals surface area contributed by atoms with Crippen LogP contribution in [-0.4, -0.2) is 26.1 Å². The zero-order valence-electron chi connectivity index (χ0n) is 10.3. The monoisotopic (exact) mass is 334 g/mol. The first-order valence-corrected chi connectivity index (χ1v) is 6.79. The third kappa shape index (κ3) is 4.48. The largest absolute Gasteiger partial charge is 0.493 e. The second kappa shape index (κ2) is 7.61. The van der Waals surface area contributed by atoms with Gasteiger partial charge < -0.3 is 15.4 Å². The molecule has 0 fully saturated rings. The van der Waals surface area contributed by atoms with Crippen molar-refractivity contribution in [3.05, 3.63) is 21.6 Å². The molecule has 0 spiro atoms. The Bertz CT molecular complexity index is 427. The van der Waals surface area contributed by atoms with E-state index in [0.717, 1.165) is 13.0 Å². The van der Waals surface area contributed by atoms with Crippen LogP contribution >= 0.6 is 27.5 Å². The van der Waals surface area contributed by atoms with Crippen molar-refractivity contribution in [3.63, 3.8) is 0 Å². The molecule has 1 aromatic carbocycles. The van der Waals surface area contributed by atoms with Gasteiger partial charge in [0.15, 0.2) is 5.75 Å². The Balaban J connectivity index is 2.74. The number of nitrogens with one attached hydrogen (secondary N) is 2. The van der Waals surface area contributed by atoms with Crippen molar-refractivity contribution in [1.29, 1.82) is 0 Å². The van der Waals surface area contributed by atoms with Crippen LogP contribution in [0.3, 0.4) is 0 Å². The van der Waals surface area contributed by atoms with E-state index in [1.807, 2.05) is 6.92 Å². The molecular formula is C12H16BrClN2O2. The number of hydrogen-bond donors (Lipinski definition) is 2. The summed E-state index contributed by atoms with van der Waals surface area (Å²) in [7, 11) is 1.54. The lowest BCUT2D eigenvalue weighted by molar-refractivity contribution is -0.115. The fourth-order valence-corrected chi connectivity index (χ4v) is 2.41. The highest BCUT2D eigenvalue weighted by Gasteiger charge is 2.11. The van der Waals surface area contributed by atoms with Crippen molar-refractivity contribution >= 4 is 39.1 Å². The lowest BCUT2D eigenvalue weighted by Crippen LogP contribution is -2.28. The first-order chi connectivity index (χ1) is 8.58. The highest BCUT2D eigenvalue weighted by atomic mass is 79.9. The molecule has 18 heavy (non-hydrogen) atoms. The fourth-order valence-electron chi connectivity index (χ4n) is 1.43. The predicted molar refractivity (Wildman–Crippen MR) is 77.5 cm³/mol. The molecule has 0 bridgehead atoms. The molecule has 1 amide bonds. The molecule has 0 atom stereocenters. The van der Waals surface area contributed by atoms with E-state index >= 15 is 0 Å². The van der Waals surface area contributed by atoms with E-state index in [9.17, 15) is 4.79 Å². The average molecular weight is 336 g/mol. The highest BCUT2D eigenvalue weighted by molar-refractivity contribution is 9.10. The number of anilines is 1. The Kier molecular flexibility index (Phi) is 6.46. The molecule has 0 aliphatic rings. The van der Waals surface area contributed by atoms with Crippen molar-refractivity contribution in [2.24, 2.45) is 0 Å². The molecule has 0 aliphatic heterocycles. The first-order valence-electron chi connectivity index (χ1n) is 5.62. The van der Waals surface area contributed by atoms with E-state index in [1.165, 1.54) is 0 Å². The SMILES string of the molecule is CCCNCC(=O)Nc1cc(Cl)cc(Br)c1OC. The van der Waals surface area contributed by atoms with Gasteiger partial charge in [0, 0.05) is 5.02 Å². The molecule has 4 nitrogen and oxygen atoms in total. The summed E-state index contributed by atoms with van der Waals surface area (Å²) in [5.74, 6) is 0.430. The topological polar surface area (TPSA) is 50.4 Å². The molecule has 0 aliphatic carbocycles. The van der Waals surface area contributed by atoms with Gasteiger partial charge in [-0.1, -0.05) is 18.5 Å². The van der Waals surface area contributed by atoms with Crippen LogP contribution in [0.15, 0.2) is 16.6 Å². The molecule has 0 saturated heterocycles. The molecule has 0 aromatic heterocycles. The third-order valence-electron chi connectivity index (χ3n) is 2.20. The van der Waals surface area contributed by atoms with Crippen molar-refractivity contribution in [1.82, 2.24) is 5.32 Å². The van der Waals surface area contributed by atoms with Gasteiger partial charge in [0.25, 0.3) is 0 Å². The van der Waals surface area contributed by atoms with Crippen LogP contribution in [0.5, 0.6) is 5.75 Å². The molecule has 0 saturated carbocycles. The number of halogens is 2. The Hall–Kier alpha value is -0.780. The quantitative estimate of drug-likeness (QED) is 0.786. The third-order valence-corrected chi connectivity index (χ3v) is 3.01. The maximum absolute atomic E-state index is 11.7. The number of rotatable bonds is 6. The lowest BCUT2D eigenvalue weighted by atomic mass is 10.3. The van der Waals surface area contributed by atoms with Gasteiger partial charge in [-0.05, 0) is 41.0 Å². The zero-order chi connectivity index (χ0) is 13.5. The predicted octanol–water partition coefficient (Wildman–Crippen LogP) is 3.05. The lowest BCUT2D eigenvalue weighted by Gasteiger charge is -2.12. The van der Waals surface area contributed by atoms with Gasteiger partial charge in [0.2, 0.25) is 5.91 Å². The van der Waals surface area contributed by atoms with E-state index in [0.29, 0.717) is 20.9 Å². The first kappa shape index (κ1) is 15.3. The number of carbonyl (C=O) groups is 1. The van der Waals surface area contributed by atoms with Gasteiger partial charge in [-0.15, -0.1) is 0 Å². The summed E-state index contributed by atoms with van der Waals surface area (Å²) in [5, 5.41) is 6.31. The summed E-state index contributed by atoms with van der Waals surface area (Å²) in [6, 6.07) is 3.37. The maximum atomic E-state index is 11.7. The van der Waals surface area contributed by atoms with Gasteiger partial charge in [0.1, 0.15) is 0 Å². The second-order valence-electron chi connectivity index (χ2n) is 3.69. The van der Waals surface area contributed by atoms with Crippen molar-refractivity contribution in [2.45, 2.75) is 13.3 Å². The van der Waals surface area contributed by atoms with E-state index in [1.54, 1.807) is 19.2 Å². The van der Waals surface area contributed by atoms with Crippen LogP contribution in [0, 0.1) is 0 Å². The summed E-state index contributed by atoms with van der Waals surface area (Å²) in [6.07, 6.45) is 0.985. The molecule has 0 radical (unpaired) electrons. The molecule has 2 N–H and O–H groups in total. The Morgan fingerprint density at radius 2 is 2.22 bits per heavy atom. The fraction of sp³-hybridized carbons (Fsp3) is 0.417. The minimum Gasteiger partial charge on any atom is -0.493 e. The van der Waals surface area contributed by atoms with Crippen LogP contribution in [0.1, 0.15) is 13.3 Å². The van der Waals surface area contributed by atoms with Gasteiger partial charge in [0.05, 0.1) is 23.8 Å². The number of amides is 1. The van der Waals surface area contributed by atoms with E-state index in [4.69, 9.17) is 16.3 Å². The van der Waals surface area contributed by atoms with Crippen molar-refractivity contribution in [3.8, 4) is 5.75 Å². The Morgan fingerprint density at radius 1 is 1.50 bits per heavy atom. The van der Waals surface area contributed by atoms with Gasteiger partial charge in [-0.2, -0.15) is 0 Å². The van der Waals surface area contributed by atoms with Crippen molar-refractivity contribution < 1.29 is 9.53 Å². The van der Waals surface area contributed by atoms with Crippen LogP contribution < -0.4 is 15.4 Å². The minimum absolute atomic E-state index is 0.129. The summed E-state index contributed by atoms with van der Waals surface area (Å²) < 4.78 is 5.92. The normalized spacial score (nSPS) is 10.2. The molecule has 6 heteroatoms. The van der Waals surface area contributed by atoms with Crippen molar-refractivity contribution in [2.75, 3.05) is 25.5 Å². The molecule has 100 valence electrons. The van der Waals surface area contributed by atoms with Gasteiger partial charge >= 0.3 is 0 Å². The standard InChI is InChI=1S/C12H16BrClN2O2/c1-3-4-15-7-11(17)16-10-6-8(14)5-9(13)12(10)18-2/h5-6,15H,3-4,7H2,1-2H3,(H,16,17). The summed E-state index contributed by atoms with van der Waals surface area (Å²) in [6.45, 7) is 3.12. The Labute approximate surface area is 120 Å². The smallest absolute Gasteiger partial charge is 0.238 e. The average Bonchev–Trinajstić information content (AvgIpc) is 2.28. The van der Waals surface area contributed by atoms with Crippen LogP contribution in [-0.2, 0) is 4.79 Å². The number of carbonyl (C=O) groups excluding carboxylic acids is 1. The molecule has 1 aromatic rings. The van der Waals surface area contributed by atoms with E-state index in [2.05, 4.69) is 26.6 Å². The molecule has 0 heterocycles. The zero-order valence-corrected chi connectivity index (χ0v) is 12.7. The highest BCUT2D eigenvalue weighted by Crippen LogP contribution is 2.36. The van der Waals surface area contributed by atoms with E-state index < -0.39 is 0 Å². The van der Waals surface area contributed by atoms with E-state index in [-0.39, 0.29) is 12.5 Å². The summed E-state index contributed by atoms with van der Waals surface area (Å²) in [5.41, 5.74) is 0.556. The molecular weight excluding hydrogens is 320 g/mol. The van der Waals surface area contributed by atoms with Gasteiger partial charge in [-0.3, -0.25) is 4.79 Å². The Morgan fingerprint density at radius 3 is 2.83 bits per heavy atom. The molecule has 1 rings (SSSR count). The number of ether oxygens (including phenoxy) is 1. The summed E-state index contributed by atoms with van der Waals surface area (Å²) >= 11 is 9.27. The number of methoxy groups -OCH3 is 1. The number of hydrogen-bond acceptors (Lipinski definition) is 3. The van der Waals surface area contributed by atoms with Crippen LogP contribution in [0.2, 0.25) is 5.02 Å². The molecule has 0 unspecified atom stereocenters. The second-order valence-corrected chi connectivity index (χ2v) is 4.98. The van der Waals surface area contributed by atoms with Gasteiger partial charge in [-0.25, -0.2) is 0 Å². The van der Waals surface area contributed by atoms with Crippen LogP contribution in [0.25, 0.3) is 0 Å². The number of benzene rings is 1. The minimum atomic E-state index is -0.129. The summed E-state index contributed by atoms with van der Waals surface area (Å²) in [4.78, 5) is 11.7.